The van der Waals surface area contributed by atoms with Gasteiger partial charge in [0, 0.05) is 25.0 Å². The number of amides is 1. The molecule has 8 heteroatoms. The van der Waals surface area contributed by atoms with Crippen molar-refractivity contribution in [2.24, 2.45) is 0 Å². The van der Waals surface area contributed by atoms with Crippen molar-refractivity contribution in [3.63, 3.8) is 0 Å². The van der Waals surface area contributed by atoms with Gasteiger partial charge in [-0.15, -0.1) is 11.8 Å². The van der Waals surface area contributed by atoms with Gasteiger partial charge >= 0.3 is 5.69 Å². The predicted octanol–water partition coefficient (Wildman–Crippen LogP) is 0.282. The SMILES string of the molecule is CCN(CC)C(=O)C1OC(n2ccc(N)nc2=O)CS1. The molecule has 1 aromatic rings. The number of carbonyl (C=O) groups excluding carboxylic acids is 1. The van der Waals surface area contributed by atoms with Crippen LogP contribution < -0.4 is 11.4 Å². The van der Waals surface area contributed by atoms with Gasteiger partial charge in [0.1, 0.15) is 12.0 Å². The summed E-state index contributed by atoms with van der Waals surface area (Å²) in [4.78, 5) is 29.3. The van der Waals surface area contributed by atoms with Gasteiger partial charge in [0.2, 0.25) is 0 Å². The molecule has 2 rings (SSSR count). The van der Waals surface area contributed by atoms with E-state index in [0.717, 1.165) is 0 Å². The van der Waals surface area contributed by atoms with Crippen LogP contribution in [0.25, 0.3) is 0 Å². The molecule has 2 N–H and O–H groups in total. The number of nitrogen functional groups attached to an aromatic ring is 1. The summed E-state index contributed by atoms with van der Waals surface area (Å²) in [6.07, 6.45) is 1.06. The minimum atomic E-state index is -0.565. The third-order valence-corrected chi connectivity index (χ3v) is 4.20. The van der Waals surface area contributed by atoms with E-state index in [1.807, 2.05) is 13.8 Å². The normalized spacial score (nSPS) is 21.9. The molecule has 0 radical (unpaired) electrons. The van der Waals surface area contributed by atoms with Crippen molar-refractivity contribution in [1.29, 1.82) is 0 Å². The maximum absolute atomic E-state index is 12.2. The van der Waals surface area contributed by atoms with Gasteiger partial charge in [-0.05, 0) is 19.9 Å². The smallest absolute Gasteiger partial charge is 0.351 e. The molecule has 1 saturated heterocycles. The lowest BCUT2D eigenvalue weighted by Crippen LogP contribution is -2.38. The summed E-state index contributed by atoms with van der Waals surface area (Å²) in [7, 11) is 0. The molecule has 20 heavy (non-hydrogen) atoms. The third-order valence-electron chi connectivity index (χ3n) is 3.11. The summed E-state index contributed by atoms with van der Waals surface area (Å²) in [5, 5.41) is 0. The number of nitrogens with two attached hydrogens (primary N) is 1. The summed E-state index contributed by atoms with van der Waals surface area (Å²) >= 11 is 1.39. The van der Waals surface area contributed by atoms with Crippen LogP contribution in [0.3, 0.4) is 0 Å². The number of anilines is 1. The molecule has 1 amide bonds. The van der Waals surface area contributed by atoms with Gasteiger partial charge in [0.15, 0.2) is 5.44 Å². The predicted molar refractivity (Wildman–Crippen MR) is 77.2 cm³/mol. The molecule has 1 aromatic heterocycles. The van der Waals surface area contributed by atoms with E-state index in [2.05, 4.69) is 4.98 Å². The Kier molecular flexibility index (Phi) is 4.66. The first-order valence-electron chi connectivity index (χ1n) is 6.47. The number of carbonyl (C=O) groups is 1. The second-order valence-electron chi connectivity index (χ2n) is 4.31. The van der Waals surface area contributed by atoms with E-state index in [-0.39, 0.29) is 11.7 Å². The van der Waals surface area contributed by atoms with Gasteiger partial charge in [-0.1, -0.05) is 0 Å². The number of ether oxygens (including phenoxy) is 1. The first-order chi connectivity index (χ1) is 9.56. The highest BCUT2D eigenvalue weighted by molar-refractivity contribution is 8.00. The van der Waals surface area contributed by atoms with Crippen LogP contribution in [-0.2, 0) is 9.53 Å². The Hall–Kier alpha value is -1.54. The Morgan fingerprint density at radius 1 is 1.60 bits per heavy atom. The van der Waals surface area contributed by atoms with Crippen molar-refractivity contribution in [1.82, 2.24) is 14.5 Å². The van der Waals surface area contributed by atoms with E-state index in [1.165, 1.54) is 22.4 Å². The van der Waals surface area contributed by atoms with Crippen molar-refractivity contribution in [2.75, 3.05) is 24.6 Å². The average Bonchev–Trinajstić information content (AvgIpc) is 2.89. The molecular weight excluding hydrogens is 280 g/mol. The van der Waals surface area contributed by atoms with E-state index in [0.29, 0.717) is 18.8 Å². The Morgan fingerprint density at radius 2 is 2.30 bits per heavy atom. The maximum Gasteiger partial charge on any atom is 0.351 e. The van der Waals surface area contributed by atoms with E-state index < -0.39 is 17.4 Å². The van der Waals surface area contributed by atoms with Crippen LogP contribution in [0.4, 0.5) is 5.82 Å². The Balaban J connectivity index is 2.09. The highest BCUT2D eigenvalue weighted by atomic mass is 32.2. The van der Waals surface area contributed by atoms with Crippen LogP contribution in [0.2, 0.25) is 0 Å². The largest absolute Gasteiger partial charge is 0.383 e. The number of aromatic nitrogens is 2. The summed E-state index contributed by atoms with van der Waals surface area (Å²) in [5.41, 5.74) is 4.41. The van der Waals surface area contributed by atoms with Crippen LogP contribution >= 0.6 is 11.8 Å². The van der Waals surface area contributed by atoms with Crippen molar-refractivity contribution in [3.8, 4) is 0 Å². The zero-order valence-corrected chi connectivity index (χ0v) is 12.3. The fourth-order valence-corrected chi connectivity index (χ4v) is 3.07. The molecule has 0 spiro atoms. The van der Waals surface area contributed by atoms with Gasteiger partial charge in [0.25, 0.3) is 5.91 Å². The number of thioether (sulfide) groups is 1. The first kappa shape index (κ1) is 14.9. The monoisotopic (exact) mass is 298 g/mol. The molecule has 0 saturated carbocycles. The minimum absolute atomic E-state index is 0.0565. The summed E-state index contributed by atoms with van der Waals surface area (Å²) in [5.74, 6) is 0.648. The molecule has 7 nitrogen and oxygen atoms in total. The van der Waals surface area contributed by atoms with Crippen molar-refractivity contribution < 1.29 is 9.53 Å². The molecule has 1 aliphatic rings. The van der Waals surface area contributed by atoms with Crippen LogP contribution in [-0.4, -0.2) is 44.6 Å². The lowest BCUT2D eigenvalue weighted by Gasteiger charge is -2.22. The molecule has 2 unspecified atom stereocenters. The number of hydrogen-bond donors (Lipinski definition) is 1. The van der Waals surface area contributed by atoms with E-state index in [9.17, 15) is 9.59 Å². The van der Waals surface area contributed by atoms with Crippen molar-refractivity contribution >= 4 is 23.5 Å². The van der Waals surface area contributed by atoms with Crippen LogP contribution in [0.15, 0.2) is 17.1 Å². The van der Waals surface area contributed by atoms with E-state index in [1.54, 1.807) is 11.1 Å². The van der Waals surface area contributed by atoms with E-state index in [4.69, 9.17) is 10.5 Å². The third kappa shape index (κ3) is 2.96. The minimum Gasteiger partial charge on any atom is -0.383 e. The van der Waals surface area contributed by atoms with Crippen LogP contribution in [0.1, 0.15) is 20.1 Å². The lowest BCUT2D eigenvalue weighted by atomic mass is 10.4. The standard InChI is InChI=1S/C12H18N4O3S/c1-3-15(4-2)10(17)11-19-9(7-20-11)16-6-5-8(13)14-12(16)18/h5-6,9,11H,3-4,7H2,1-2H3,(H2,13,14,18). The second-order valence-corrected chi connectivity index (χ2v) is 5.40. The Bertz CT molecular complexity index is 544. The van der Waals surface area contributed by atoms with Gasteiger partial charge in [-0.3, -0.25) is 9.36 Å². The van der Waals surface area contributed by atoms with Crippen molar-refractivity contribution in [2.45, 2.75) is 25.5 Å². The molecular formula is C12H18N4O3S. The van der Waals surface area contributed by atoms with E-state index >= 15 is 0 Å². The highest BCUT2D eigenvalue weighted by Gasteiger charge is 2.34. The molecule has 0 bridgehead atoms. The van der Waals surface area contributed by atoms with Gasteiger partial charge in [0.05, 0.1) is 0 Å². The number of hydrogen-bond acceptors (Lipinski definition) is 6. The molecule has 2 atom stereocenters. The molecule has 1 fully saturated rings. The van der Waals surface area contributed by atoms with Crippen LogP contribution in [0.5, 0.6) is 0 Å². The summed E-state index contributed by atoms with van der Waals surface area (Å²) in [6.45, 7) is 5.13. The number of likely N-dealkylation sites (N-methyl/N-ethyl adjacent to an activating group) is 1. The fraction of sp³-hybridized carbons (Fsp3) is 0.583. The molecule has 0 aromatic carbocycles. The van der Waals surface area contributed by atoms with Crippen LogP contribution in [0, 0.1) is 0 Å². The summed E-state index contributed by atoms with van der Waals surface area (Å²) in [6, 6.07) is 1.54. The topological polar surface area (TPSA) is 90.4 Å². The molecule has 0 aliphatic carbocycles. The molecule has 1 aliphatic heterocycles. The van der Waals surface area contributed by atoms with Gasteiger partial charge < -0.3 is 15.4 Å². The average molecular weight is 298 g/mol. The summed E-state index contributed by atoms with van der Waals surface area (Å²) < 4.78 is 7.03. The number of nitrogens with zero attached hydrogens (tertiary/aromatic N) is 3. The molecule has 2 heterocycles. The van der Waals surface area contributed by atoms with Gasteiger partial charge in [-0.2, -0.15) is 4.98 Å². The Morgan fingerprint density at radius 3 is 2.90 bits per heavy atom. The Labute approximate surface area is 121 Å². The highest BCUT2D eigenvalue weighted by Crippen LogP contribution is 2.32. The quantitative estimate of drug-likeness (QED) is 0.859. The maximum atomic E-state index is 12.2. The van der Waals surface area contributed by atoms with Gasteiger partial charge in [-0.25, -0.2) is 4.79 Å². The zero-order chi connectivity index (χ0) is 14.7. The van der Waals surface area contributed by atoms with Crippen molar-refractivity contribution in [3.05, 3.63) is 22.7 Å². The lowest BCUT2D eigenvalue weighted by molar-refractivity contribution is -0.140. The second kappa shape index (κ2) is 6.27. The molecule has 110 valence electrons. The number of rotatable bonds is 4. The zero-order valence-electron chi connectivity index (χ0n) is 11.5. The fourth-order valence-electron chi connectivity index (χ4n) is 2.00. The first-order valence-corrected chi connectivity index (χ1v) is 7.52.